The van der Waals surface area contributed by atoms with Crippen LogP contribution in [0.3, 0.4) is 0 Å². The van der Waals surface area contributed by atoms with E-state index in [0.29, 0.717) is 15.7 Å². The second kappa shape index (κ2) is 6.33. The second-order valence-electron chi connectivity index (χ2n) is 4.60. The van der Waals surface area contributed by atoms with Crippen molar-refractivity contribution in [2.24, 2.45) is 0 Å². The Morgan fingerprint density at radius 3 is 2.45 bits per heavy atom. The summed E-state index contributed by atoms with van der Waals surface area (Å²) in [5.74, 6) is -0.845. The first-order valence-electron chi connectivity index (χ1n) is 6.30. The van der Waals surface area contributed by atoms with E-state index in [9.17, 15) is 4.79 Å². The molecular formula is C15H15Cl2NO2. The number of hydrogen-bond acceptors (Lipinski definition) is 2. The number of para-hydroxylation sites is 1. The topological polar surface area (TPSA) is 40.5 Å². The number of rotatable bonds is 4. The van der Waals surface area contributed by atoms with E-state index in [1.165, 1.54) is 0 Å². The molecule has 0 spiro atoms. The number of halogens is 2. The van der Waals surface area contributed by atoms with Crippen molar-refractivity contribution in [3.05, 3.63) is 51.7 Å². The van der Waals surface area contributed by atoms with Crippen LogP contribution in [0.15, 0.2) is 41.6 Å². The highest BCUT2D eigenvalue weighted by atomic mass is 35.5. The maximum absolute atomic E-state index is 11.0. The van der Waals surface area contributed by atoms with E-state index < -0.39 is 5.97 Å². The Balaban J connectivity index is 2.36. The van der Waals surface area contributed by atoms with Crippen molar-refractivity contribution in [1.82, 2.24) is 0 Å². The highest BCUT2D eigenvalue weighted by Gasteiger charge is 2.20. The Hall–Kier alpha value is -1.45. The minimum Gasteiger partial charge on any atom is -0.481 e. The van der Waals surface area contributed by atoms with Crippen LogP contribution in [0.5, 0.6) is 0 Å². The molecule has 0 aliphatic heterocycles. The maximum atomic E-state index is 11.0. The summed E-state index contributed by atoms with van der Waals surface area (Å²) in [6.07, 6.45) is 5.72. The van der Waals surface area contributed by atoms with E-state index in [4.69, 9.17) is 28.3 Å². The van der Waals surface area contributed by atoms with E-state index in [1.54, 1.807) is 18.2 Å². The van der Waals surface area contributed by atoms with E-state index >= 15 is 0 Å². The van der Waals surface area contributed by atoms with Crippen LogP contribution in [0.4, 0.5) is 5.69 Å². The summed E-state index contributed by atoms with van der Waals surface area (Å²) in [4.78, 5) is 12.8. The van der Waals surface area contributed by atoms with Gasteiger partial charge in [-0.1, -0.05) is 41.4 Å². The fourth-order valence-corrected chi connectivity index (χ4v) is 2.97. The number of anilines is 1. The number of aliphatic carboxylic acids is 1. The van der Waals surface area contributed by atoms with Gasteiger partial charge in [-0.05, 0) is 30.5 Å². The van der Waals surface area contributed by atoms with Crippen molar-refractivity contribution >= 4 is 34.9 Å². The fourth-order valence-electron chi connectivity index (χ4n) is 2.32. The quantitative estimate of drug-likeness (QED) is 0.889. The Kier molecular flexibility index (Phi) is 4.73. The van der Waals surface area contributed by atoms with Crippen LogP contribution < -0.4 is 4.90 Å². The molecule has 0 fully saturated rings. The van der Waals surface area contributed by atoms with Gasteiger partial charge in [0.1, 0.15) is 0 Å². The molecular weight excluding hydrogens is 297 g/mol. The molecule has 2 rings (SSSR count). The number of carboxylic acids is 1. The van der Waals surface area contributed by atoms with Gasteiger partial charge in [-0.25, -0.2) is 0 Å². The van der Waals surface area contributed by atoms with Gasteiger partial charge < -0.3 is 10.0 Å². The van der Waals surface area contributed by atoms with Gasteiger partial charge in [0.25, 0.3) is 0 Å². The highest BCUT2D eigenvalue weighted by Crippen LogP contribution is 2.37. The average Bonchev–Trinajstić information content (AvgIpc) is 2.38. The largest absolute Gasteiger partial charge is 0.481 e. The predicted molar refractivity (Wildman–Crippen MR) is 82.5 cm³/mol. The van der Waals surface area contributed by atoms with Crippen molar-refractivity contribution in [2.75, 3.05) is 11.9 Å². The summed E-state index contributed by atoms with van der Waals surface area (Å²) in [5, 5.41) is 10.1. The summed E-state index contributed by atoms with van der Waals surface area (Å²) in [6.45, 7) is 0. The third kappa shape index (κ3) is 3.17. The third-order valence-electron chi connectivity index (χ3n) is 3.20. The van der Waals surface area contributed by atoms with Gasteiger partial charge in [0.2, 0.25) is 0 Å². The van der Waals surface area contributed by atoms with Crippen LogP contribution in [0, 0.1) is 0 Å². The number of hydrogen-bond donors (Lipinski definition) is 1. The van der Waals surface area contributed by atoms with Crippen LogP contribution >= 0.6 is 23.2 Å². The fraction of sp³-hybridized carbons (Fsp3) is 0.267. The van der Waals surface area contributed by atoms with Gasteiger partial charge in [-0.3, -0.25) is 4.79 Å². The zero-order chi connectivity index (χ0) is 14.7. The average molecular weight is 312 g/mol. The lowest BCUT2D eigenvalue weighted by Gasteiger charge is -2.28. The molecule has 0 aromatic heterocycles. The molecule has 1 N–H and O–H groups in total. The Labute approximate surface area is 128 Å². The standard InChI is InChI=1S/C15H15Cl2NO2/c1-18(15-11(16)6-4-7-12(15)17)13-8-3-2-5-10(13)9-14(19)20/h4-8H,2-3,9H2,1H3,(H,19,20). The molecule has 0 radical (unpaired) electrons. The van der Waals surface area contributed by atoms with E-state index in [-0.39, 0.29) is 6.42 Å². The second-order valence-corrected chi connectivity index (χ2v) is 5.41. The van der Waals surface area contributed by atoms with Crippen LogP contribution in [0.1, 0.15) is 19.3 Å². The summed E-state index contributed by atoms with van der Waals surface area (Å²) in [6, 6.07) is 5.32. The smallest absolute Gasteiger partial charge is 0.307 e. The molecule has 0 saturated heterocycles. The van der Waals surface area contributed by atoms with Gasteiger partial charge in [-0.2, -0.15) is 0 Å². The number of carbonyl (C=O) groups is 1. The molecule has 1 aliphatic rings. The maximum Gasteiger partial charge on any atom is 0.307 e. The van der Waals surface area contributed by atoms with E-state index in [0.717, 1.165) is 24.1 Å². The molecule has 0 saturated carbocycles. The molecule has 3 nitrogen and oxygen atoms in total. The molecule has 1 aromatic rings. The highest BCUT2D eigenvalue weighted by molar-refractivity contribution is 6.39. The molecule has 1 aromatic carbocycles. The molecule has 0 heterocycles. The molecule has 0 amide bonds. The van der Waals surface area contributed by atoms with Crippen molar-refractivity contribution in [3.8, 4) is 0 Å². The number of allylic oxidation sites excluding steroid dienone is 3. The zero-order valence-corrected chi connectivity index (χ0v) is 12.6. The Morgan fingerprint density at radius 2 is 1.85 bits per heavy atom. The van der Waals surface area contributed by atoms with Gasteiger partial charge in [0.15, 0.2) is 0 Å². The summed E-state index contributed by atoms with van der Waals surface area (Å²) in [5.41, 5.74) is 2.34. The Morgan fingerprint density at radius 1 is 1.25 bits per heavy atom. The molecule has 5 heteroatoms. The van der Waals surface area contributed by atoms with Gasteiger partial charge in [0, 0.05) is 12.7 Å². The van der Waals surface area contributed by atoms with E-state index in [1.807, 2.05) is 24.1 Å². The first kappa shape index (κ1) is 14.9. The third-order valence-corrected chi connectivity index (χ3v) is 3.81. The summed E-state index contributed by atoms with van der Waals surface area (Å²) >= 11 is 12.4. The van der Waals surface area contributed by atoms with Crippen molar-refractivity contribution in [2.45, 2.75) is 19.3 Å². The van der Waals surface area contributed by atoms with Crippen LogP contribution in [-0.2, 0) is 4.79 Å². The normalized spacial score (nSPS) is 14.6. The van der Waals surface area contributed by atoms with Gasteiger partial charge in [-0.15, -0.1) is 0 Å². The molecule has 0 bridgehead atoms. The molecule has 20 heavy (non-hydrogen) atoms. The summed E-state index contributed by atoms with van der Waals surface area (Å²) < 4.78 is 0. The number of carboxylic acid groups (broad SMARTS) is 1. The van der Waals surface area contributed by atoms with Crippen LogP contribution in [0.2, 0.25) is 10.0 Å². The van der Waals surface area contributed by atoms with Gasteiger partial charge in [0.05, 0.1) is 22.2 Å². The SMILES string of the molecule is CN(C1=CCCC=C1CC(=O)O)c1c(Cl)cccc1Cl. The van der Waals surface area contributed by atoms with Crippen LogP contribution in [-0.4, -0.2) is 18.1 Å². The monoisotopic (exact) mass is 311 g/mol. The molecule has 106 valence electrons. The molecule has 1 aliphatic carbocycles. The minimum absolute atomic E-state index is 0.00174. The van der Waals surface area contributed by atoms with E-state index in [2.05, 4.69) is 0 Å². The molecule has 0 atom stereocenters. The first-order chi connectivity index (χ1) is 9.50. The zero-order valence-electron chi connectivity index (χ0n) is 11.1. The lowest BCUT2D eigenvalue weighted by Crippen LogP contribution is -2.21. The summed E-state index contributed by atoms with van der Waals surface area (Å²) in [7, 11) is 1.85. The van der Waals surface area contributed by atoms with Crippen molar-refractivity contribution in [3.63, 3.8) is 0 Å². The number of benzene rings is 1. The lowest BCUT2D eigenvalue weighted by molar-refractivity contribution is -0.136. The first-order valence-corrected chi connectivity index (χ1v) is 7.05. The minimum atomic E-state index is -0.845. The van der Waals surface area contributed by atoms with Crippen molar-refractivity contribution < 1.29 is 9.90 Å². The number of likely N-dealkylation sites (N-methyl/N-ethyl adjacent to an activating group) is 1. The van der Waals surface area contributed by atoms with Crippen molar-refractivity contribution in [1.29, 1.82) is 0 Å². The van der Waals surface area contributed by atoms with Crippen LogP contribution in [0.25, 0.3) is 0 Å². The Bertz CT molecular complexity index is 573. The number of nitrogens with zero attached hydrogens (tertiary/aromatic N) is 1. The van der Waals surface area contributed by atoms with Gasteiger partial charge >= 0.3 is 5.97 Å². The lowest BCUT2D eigenvalue weighted by atomic mass is 9.99. The molecule has 0 unspecified atom stereocenters. The predicted octanol–water partition coefficient (Wildman–Crippen LogP) is 4.51.